The first kappa shape index (κ1) is 13.6. The summed E-state index contributed by atoms with van der Waals surface area (Å²) in [5.41, 5.74) is 4.12. The molecule has 0 atom stereocenters. The summed E-state index contributed by atoms with van der Waals surface area (Å²) >= 11 is 0. The fraction of sp³-hybridized carbons (Fsp3) is 0.500. The first-order valence-corrected chi connectivity index (χ1v) is 6.63. The van der Waals surface area contributed by atoms with Gasteiger partial charge in [0.1, 0.15) is 5.41 Å². The molecule has 100 valence electrons. The summed E-state index contributed by atoms with van der Waals surface area (Å²) in [4.78, 5) is 14.0. The summed E-state index contributed by atoms with van der Waals surface area (Å²) in [5, 5.41) is 9.09. The van der Waals surface area contributed by atoms with Gasteiger partial charge >= 0.3 is 0 Å². The number of benzene rings is 1. The minimum absolute atomic E-state index is 0.0330. The molecule has 1 aliphatic carbocycles. The van der Waals surface area contributed by atoms with Crippen molar-refractivity contribution in [1.29, 1.82) is 5.26 Å². The van der Waals surface area contributed by atoms with E-state index in [2.05, 4.69) is 39.0 Å². The molecule has 1 aromatic carbocycles. The van der Waals surface area contributed by atoms with Gasteiger partial charge in [-0.05, 0) is 50.3 Å². The Balaban J connectivity index is 2.18. The Hall–Kier alpha value is -1.82. The molecule has 0 heterocycles. The molecule has 0 spiro atoms. The van der Waals surface area contributed by atoms with Crippen molar-refractivity contribution in [1.82, 2.24) is 4.90 Å². The van der Waals surface area contributed by atoms with Gasteiger partial charge in [-0.3, -0.25) is 4.79 Å². The molecule has 0 bridgehead atoms. The Bertz CT molecular complexity index is 542. The minimum Gasteiger partial charge on any atom is -0.340 e. The van der Waals surface area contributed by atoms with Crippen LogP contribution in [0, 0.1) is 37.5 Å². The number of hydrogen-bond acceptors (Lipinski definition) is 2. The SMILES string of the molecule is Cc1cc(C)c(CN(C)C(=O)C2(C#N)CC2)c(C)c1. The van der Waals surface area contributed by atoms with Crippen LogP contribution in [-0.2, 0) is 11.3 Å². The highest BCUT2D eigenvalue weighted by molar-refractivity contribution is 5.88. The largest absolute Gasteiger partial charge is 0.340 e. The molecular formula is C16H20N2O. The third-order valence-electron chi connectivity index (χ3n) is 3.96. The Kier molecular flexibility index (Phi) is 3.36. The summed E-state index contributed by atoms with van der Waals surface area (Å²) in [5.74, 6) is -0.0330. The standard InChI is InChI=1S/C16H20N2O/c1-11-7-12(2)14(13(3)8-11)9-18(4)15(19)16(10-17)5-6-16/h7-8H,5-6,9H2,1-4H3. The van der Waals surface area contributed by atoms with E-state index in [9.17, 15) is 4.79 Å². The van der Waals surface area contributed by atoms with E-state index in [-0.39, 0.29) is 5.91 Å². The van der Waals surface area contributed by atoms with Crippen LogP contribution in [0.5, 0.6) is 0 Å². The molecule has 0 N–H and O–H groups in total. The lowest BCUT2D eigenvalue weighted by atomic mass is 9.99. The van der Waals surface area contributed by atoms with E-state index in [1.807, 2.05) is 0 Å². The highest BCUT2D eigenvalue weighted by Crippen LogP contribution is 2.46. The second-order valence-electron chi connectivity index (χ2n) is 5.73. The maximum absolute atomic E-state index is 12.3. The van der Waals surface area contributed by atoms with Crippen molar-refractivity contribution in [2.75, 3.05) is 7.05 Å². The average Bonchev–Trinajstić information content (AvgIpc) is 3.13. The van der Waals surface area contributed by atoms with Crippen LogP contribution in [0.15, 0.2) is 12.1 Å². The number of carbonyl (C=O) groups is 1. The van der Waals surface area contributed by atoms with Gasteiger partial charge < -0.3 is 4.90 Å². The molecule has 19 heavy (non-hydrogen) atoms. The molecule has 1 saturated carbocycles. The number of aryl methyl sites for hydroxylation is 3. The van der Waals surface area contributed by atoms with E-state index in [1.165, 1.54) is 22.3 Å². The lowest BCUT2D eigenvalue weighted by Gasteiger charge is -2.22. The van der Waals surface area contributed by atoms with Crippen LogP contribution in [0.1, 0.15) is 35.1 Å². The number of nitriles is 1. The maximum atomic E-state index is 12.3. The van der Waals surface area contributed by atoms with Gasteiger partial charge in [-0.15, -0.1) is 0 Å². The Morgan fingerprint density at radius 3 is 2.26 bits per heavy atom. The number of hydrogen-bond donors (Lipinski definition) is 0. The first-order valence-electron chi connectivity index (χ1n) is 6.63. The Morgan fingerprint density at radius 2 is 1.84 bits per heavy atom. The van der Waals surface area contributed by atoms with Gasteiger partial charge in [0.05, 0.1) is 6.07 Å². The minimum atomic E-state index is -0.721. The van der Waals surface area contributed by atoms with E-state index in [0.717, 1.165) is 0 Å². The fourth-order valence-corrected chi connectivity index (χ4v) is 2.63. The fourth-order valence-electron chi connectivity index (χ4n) is 2.63. The third kappa shape index (κ3) is 2.49. The van der Waals surface area contributed by atoms with Crippen molar-refractivity contribution in [3.8, 4) is 6.07 Å². The van der Waals surface area contributed by atoms with E-state index < -0.39 is 5.41 Å². The maximum Gasteiger partial charge on any atom is 0.243 e. The average molecular weight is 256 g/mol. The summed E-state index contributed by atoms with van der Waals surface area (Å²) in [6.07, 6.45) is 1.41. The summed E-state index contributed by atoms with van der Waals surface area (Å²) < 4.78 is 0. The van der Waals surface area contributed by atoms with Crippen LogP contribution in [0.4, 0.5) is 0 Å². The zero-order chi connectivity index (χ0) is 14.2. The van der Waals surface area contributed by atoms with Crippen LogP contribution in [-0.4, -0.2) is 17.9 Å². The lowest BCUT2D eigenvalue weighted by molar-refractivity contribution is -0.134. The molecule has 2 rings (SSSR count). The zero-order valence-electron chi connectivity index (χ0n) is 12.1. The van der Waals surface area contributed by atoms with Crippen LogP contribution < -0.4 is 0 Å². The summed E-state index contributed by atoms with van der Waals surface area (Å²) in [7, 11) is 1.79. The molecule has 3 heteroatoms. The number of amides is 1. The normalized spacial score (nSPS) is 15.7. The first-order chi connectivity index (χ1) is 8.89. The van der Waals surface area contributed by atoms with Gasteiger partial charge in [0, 0.05) is 13.6 Å². The molecule has 0 saturated heterocycles. The van der Waals surface area contributed by atoms with Gasteiger partial charge in [0.2, 0.25) is 5.91 Å². The number of nitrogens with zero attached hydrogens (tertiary/aromatic N) is 2. The number of rotatable bonds is 3. The molecule has 0 aliphatic heterocycles. The topological polar surface area (TPSA) is 44.1 Å². The van der Waals surface area contributed by atoms with Crippen molar-refractivity contribution in [2.45, 2.75) is 40.2 Å². The zero-order valence-corrected chi connectivity index (χ0v) is 12.1. The molecule has 3 nitrogen and oxygen atoms in total. The van der Waals surface area contributed by atoms with Crippen LogP contribution >= 0.6 is 0 Å². The van der Waals surface area contributed by atoms with E-state index in [4.69, 9.17) is 5.26 Å². The Morgan fingerprint density at radius 1 is 1.32 bits per heavy atom. The van der Waals surface area contributed by atoms with Gasteiger partial charge in [-0.25, -0.2) is 0 Å². The molecule has 0 aromatic heterocycles. The summed E-state index contributed by atoms with van der Waals surface area (Å²) in [6, 6.07) is 6.44. The molecule has 1 aliphatic rings. The van der Waals surface area contributed by atoms with Crippen molar-refractivity contribution in [3.05, 3.63) is 34.4 Å². The predicted octanol–water partition coefficient (Wildman–Crippen LogP) is 2.87. The van der Waals surface area contributed by atoms with Crippen LogP contribution in [0.25, 0.3) is 0 Å². The molecular weight excluding hydrogens is 236 g/mol. The molecule has 1 aromatic rings. The second kappa shape index (κ2) is 4.70. The predicted molar refractivity (Wildman–Crippen MR) is 74.4 cm³/mol. The van der Waals surface area contributed by atoms with Crippen LogP contribution in [0.2, 0.25) is 0 Å². The smallest absolute Gasteiger partial charge is 0.243 e. The van der Waals surface area contributed by atoms with E-state index in [0.29, 0.717) is 19.4 Å². The Labute approximate surface area is 114 Å². The highest BCUT2D eigenvalue weighted by atomic mass is 16.2. The van der Waals surface area contributed by atoms with Crippen molar-refractivity contribution >= 4 is 5.91 Å². The molecule has 0 radical (unpaired) electrons. The third-order valence-corrected chi connectivity index (χ3v) is 3.96. The molecule has 0 unspecified atom stereocenters. The summed E-state index contributed by atoms with van der Waals surface area (Å²) in [6.45, 7) is 6.81. The quantitative estimate of drug-likeness (QED) is 0.834. The van der Waals surface area contributed by atoms with Gasteiger partial charge in [0.25, 0.3) is 0 Å². The molecule has 1 fully saturated rings. The molecule has 1 amide bonds. The van der Waals surface area contributed by atoms with Gasteiger partial charge in [-0.1, -0.05) is 17.7 Å². The lowest BCUT2D eigenvalue weighted by Crippen LogP contribution is -2.33. The van der Waals surface area contributed by atoms with Crippen molar-refractivity contribution in [2.24, 2.45) is 5.41 Å². The highest BCUT2D eigenvalue weighted by Gasteiger charge is 2.51. The van der Waals surface area contributed by atoms with Crippen molar-refractivity contribution < 1.29 is 4.79 Å². The van der Waals surface area contributed by atoms with E-state index >= 15 is 0 Å². The monoisotopic (exact) mass is 256 g/mol. The number of carbonyl (C=O) groups excluding carboxylic acids is 1. The van der Waals surface area contributed by atoms with Crippen molar-refractivity contribution in [3.63, 3.8) is 0 Å². The second-order valence-corrected chi connectivity index (χ2v) is 5.73. The van der Waals surface area contributed by atoms with Crippen LogP contribution in [0.3, 0.4) is 0 Å². The van der Waals surface area contributed by atoms with E-state index in [1.54, 1.807) is 11.9 Å². The van der Waals surface area contributed by atoms with Gasteiger partial charge in [0.15, 0.2) is 0 Å². The van der Waals surface area contributed by atoms with Gasteiger partial charge in [-0.2, -0.15) is 5.26 Å².